The summed E-state index contributed by atoms with van der Waals surface area (Å²) in [7, 11) is -2.96. The van der Waals surface area contributed by atoms with Crippen LogP contribution in [0.25, 0.3) is 0 Å². The second-order valence-corrected chi connectivity index (χ2v) is 8.14. The zero-order valence-electron chi connectivity index (χ0n) is 13.3. The standard InChI is InChI=1S/C14H23N3O4S/c1-11-8-15-14(21-11)10-17(12(2)18)13-4-5-16(9-13)6-7-22(3,19)20/h8,13H,4-7,9-10H2,1-3H3. The quantitative estimate of drug-likeness (QED) is 0.753. The Labute approximate surface area is 131 Å². The van der Waals surface area contributed by atoms with Gasteiger partial charge in [-0.2, -0.15) is 0 Å². The average Bonchev–Trinajstić information content (AvgIpc) is 3.01. The number of aryl methyl sites for hydroxylation is 1. The van der Waals surface area contributed by atoms with Crippen molar-refractivity contribution in [1.29, 1.82) is 0 Å². The summed E-state index contributed by atoms with van der Waals surface area (Å²) < 4.78 is 27.9. The first kappa shape index (κ1) is 17.0. The van der Waals surface area contributed by atoms with Crippen LogP contribution < -0.4 is 0 Å². The Morgan fingerprint density at radius 3 is 2.82 bits per heavy atom. The lowest BCUT2D eigenvalue weighted by Gasteiger charge is -2.27. The SMILES string of the molecule is CC(=O)N(Cc1ncc(C)o1)C1CCN(CCS(C)(=O)=O)C1. The fraction of sp³-hybridized carbons (Fsp3) is 0.714. The van der Waals surface area contributed by atoms with Gasteiger partial charge in [-0.3, -0.25) is 4.79 Å². The number of sulfone groups is 1. The minimum atomic E-state index is -2.96. The van der Waals surface area contributed by atoms with Crippen LogP contribution in [-0.4, -0.2) is 66.8 Å². The minimum Gasteiger partial charge on any atom is -0.444 e. The first-order chi connectivity index (χ1) is 10.2. The van der Waals surface area contributed by atoms with Gasteiger partial charge >= 0.3 is 0 Å². The first-order valence-corrected chi connectivity index (χ1v) is 9.39. The highest BCUT2D eigenvalue weighted by atomic mass is 32.2. The van der Waals surface area contributed by atoms with E-state index in [1.54, 1.807) is 11.1 Å². The number of nitrogens with zero attached hydrogens (tertiary/aromatic N) is 3. The highest BCUT2D eigenvalue weighted by Crippen LogP contribution is 2.18. The van der Waals surface area contributed by atoms with Crippen LogP contribution in [0.2, 0.25) is 0 Å². The van der Waals surface area contributed by atoms with Crippen molar-refractivity contribution in [1.82, 2.24) is 14.8 Å². The molecule has 1 aromatic rings. The molecule has 7 nitrogen and oxygen atoms in total. The maximum absolute atomic E-state index is 11.9. The number of aromatic nitrogens is 1. The largest absolute Gasteiger partial charge is 0.444 e. The Balaban J connectivity index is 1.94. The third kappa shape index (κ3) is 4.81. The molecule has 0 bridgehead atoms. The number of likely N-dealkylation sites (tertiary alicyclic amines) is 1. The molecular weight excluding hydrogens is 306 g/mol. The molecule has 1 atom stereocenters. The van der Waals surface area contributed by atoms with Crippen LogP contribution in [0, 0.1) is 6.92 Å². The average molecular weight is 329 g/mol. The van der Waals surface area contributed by atoms with Crippen LogP contribution >= 0.6 is 0 Å². The smallest absolute Gasteiger partial charge is 0.220 e. The van der Waals surface area contributed by atoms with Crippen molar-refractivity contribution >= 4 is 15.7 Å². The summed E-state index contributed by atoms with van der Waals surface area (Å²) >= 11 is 0. The molecule has 22 heavy (non-hydrogen) atoms. The van der Waals surface area contributed by atoms with Crippen LogP contribution in [0.15, 0.2) is 10.6 Å². The Hall–Kier alpha value is -1.41. The number of carbonyl (C=O) groups excluding carboxylic acids is 1. The van der Waals surface area contributed by atoms with Gasteiger partial charge in [0.15, 0.2) is 0 Å². The molecule has 1 unspecified atom stereocenters. The molecule has 1 aromatic heterocycles. The predicted molar refractivity (Wildman–Crippen MR) is 82.0 cm³/mol. The Morgan fingerprint density at radius 1 is 1.55 bits per heavy atom. The summed E-state index contributed by atoms with van der Waals surface area (Å²) in [6.07, 6.45) is 3.72. The zero-order chi connectivity index (χ0) is 16.3. The van der Waals surface area contributed by atoms with Crippen molar-refractivity contribution in [2.24, 2.45) is 0 Å². The summed E-state index contributed by atoms with van der Waals surface area (Å²) in [5, 5.41) is 0. The van der Waals surface area contributed by atoms with E-state index in [4.69, 9.17) is 4.42 Å². The van der Waals surface area contributed by atoms with E-state index in [9.17, 15) is 13.2 Å². The van der Waals surface area contributed by atoms with Crippen LogP contribution in [-0.2, 0) is 21.2 Å². The third-order valence-electron chi connectivity index (χ3n) is 3.85. The van der Waals surface area contributed by atoms with Gasteiger partial charge in [0, 0.05) is 38.9 Å². The molecule has 1 fully saturated rings. The fourth-order valence-corrected chi connectivity index (χ4v) is 3.27. The molecule has 0 radical (unpaired) electrons. The molecule has 1 amide bonds. The lowest BCUT2D eigenvalue weighted by molar-refractivity contribution is -0.132. The van der Waals surface area contributed by atoms with E-state index in [2.05, 4.69) is 9.88 Å². The van der Waals surface area contributed by atoms with Crippen molar-refractivity contribution in [3.8, 4) is 0 Å². The summed E-state index contributed by atoms with van der Waals surface area (Å²) in [6.45, 7) is 5.71. The van der Waals surface area contributed by atoms with E-state index in [1.807, 2.05) is 6.92 Å². The molecule has 0 aliphatic carbocycles. The van der Waals surface area contributed by atoms with Crippen molar-refractivity contribution in [2.75, 3.05) is 31.6 Å². The lowest BCUT2D eigenvalue weighted by Crippen LogP contribution is -2.40. The summed E-state index contributed by atoms with van der Waals surface area (Å²) in [4.78, 5) is 19.9. The number of hydrogen-bond acceptors (Lipinski definition) is 6. The summed E-state index contributed by atoms with van der Waals surface area (Å²) in [6, 6.07) is 0.0734. The van der Waals surface area contributed by atoms with E-state index >= 15 is 0 Å². The number of amides is 1. The zero-order valence-corrected chi connectivity index (χ0v) is 14.1. The van der Waals surface area contributed by atoms with E-state index in [0.29, 0.717) is 25.5 Å². The van der Waals surface area contributed by atoms with Crippen molar-refractivity contribution in [3.05, 3.63) is 17.8 Å². The van der Waals surface area contributed by atoms with Gasteiger partial charge in [0.2, 0.25) is 11.8 Å². The molecule has 1 saturated heterocycles. The van der Waals surface area contributed by atoms with Crippen molar-refractivity contribution in [2.45, 2.75) is 32.9 Å². The second kappa shape index (κ2) is 6.78. The fourth-order valence-electron chi connectivity index (χ4n) is 2.68. The molecular formula is C14H23N3O4S. The van der Waals surface area contributed by atoms with Crippen molar-refractivity contribution in [3.63, 3.8) is 0 Å². The Bertz CT molecular complexity index is 626. The minimum absolute atomic E-state index is 0.0224. The van der Waals surface area contributed by atoms with E-state index in [1.165, 1.54) is 13.2 Å². The summed E-state index contributed by atoms with van der Waals surface area (Å²) in [5.41, 5.74) is 0. The molecule has 2 heterocycles. The van der Waals surface area contributed by atoms with Gasteiger partial charge in [-0.1, -0.05) is 0 Å². The second-order valence-electron chi connectivity index (χ2n) is 5.88. The van der Waals surface area contributed by atoms with E-state index in [-0.39, 0.29) is 17.7 Å². The highest BCUT2D eigenvalue weighted by molar-refractivity contribution is 7.90. The molecule has 1 aliphatic rings. The molecule has 8 heteroatoms. The maximum Gasteiger partial charge on any atom is 0.220 e. The predicted octanol–water partition coefficient (Wildman–Crippen LogP) is 0.450. The van der Waals surface area contributed by atoms with Crippen LogP contribution in [0.3, 0.4) is 0 Å². The Kier molecular flexibility index (Phi) is 5.23. The Morgan fingerprint density at radius 2 is 2.27 bits per heavy atom. The van der Waals surface area contributed by atoms with Crippen LogP contribution in [0.4, 0.5) is 0 Å². The number of rotatable bonds is 6. The van der Waals surface area contributed by atoms with Gasteiger partial charge in [-0.05, 0) is 13.3 Å². The normalized spacial score (nSPS) is 19.5. The number of hydrogen-bond donors (Lipinski definition) is 0. The van der Waals surface area contributed by atoms with Crippen LogP contribution in [0.5, 0.6) is 0 Å². The van der Waals surface area contributed by atoms with Gasteiger partial charge in [0.25, 0.3) is 0 Å². The molecule has 2 rings (SSSR count). The van der Waals surface area contributed by atoms with E-state index in [0.717, 1.165) is 18.7 Å². The number of oxazole rings is 1. The monoisotopic (exact) mass is 329 g/mol. The molecule has 0 spiro atoms. The maximum atomic E-state index is 11.9. The van der Waals surface area contributed by atoms with Gasteiger partial charge in [0.1, 0.15) is 15.6 Å². The molecule has 0 N–H and O–H groups in total. The van der Waals surface area contributed by atoms with Gasteiger partial charge in [0.05, 0.1) is 18.5 Å². The highest BCUT2D eigenvalue weighted by Gasteiger charge is 2.30. The van der Waals surface area contributed by atoms with Gasteiger partial charge in [-0.15, -0.1) is 0 Å². The van der Waals surface area contributed by atoms with Gasteiger partial charge < -0.3 is 14.2 Å². The molecule has 0 saturated carbocycles. The van der Waals surface area contributed by atoms with Gasteiger partial charge in [-0.25, -0.2) is 13.4 Å². The lowest BCUT2D eigenvalue weighted by atomic mass is 10.2. The van der Waals surface area contributed by atoms with Crippen LogP contribution in [0.1, 0.15) is 25.0 Å². The summed E-state index contributed by atoms with van der Waals surface area (Å²) in [5.74, 6) is 1.38. The molecule has 124 valence electrons. The van der Waals surface area contributed by atoms with Crippen molar-refractivity contribution < 1.29 is 17.6 Å². The number of carbonyl (C=O) groups is 1. The third-order valence-corrected chi connectivity index (χ3v) is 4.77. The topological polar surface area (TPSA) is 83.7 Å². The first-order valence-electron chi connectivity index (χ1n) is 7.33. The molecule has 1 aliphatic heterocycles. The molecule has 0 aromatic carbocycles. The van der Waals surface area contributed by atoms with E-state index < -0.39 is 9.84 Å².